The third-order valence-corrected chi connectivity index (χ3v) is 6.01. The molecule has 140 valence electrons. The summed E-state index contributed by atoms with van der Waals surface area (Å²) >= 11 is 0. The van der Waals surface area contributed by atoms with E-state index in [2.05, 4.69) is 17.0 Å². The lowest BCUT2D eigenvalue weighted by Gasteiger charge is -2.34. The first-order valence-corrected chi connectivity index (χ1v) is 9.87. The van der Waals surface area contributed by atoms with Gasteiger partial charge >= 0.3 is 0 Å². The maximum atomic E-state index is 13.0. The van der Waals surface area contributed by atoms with Gasteiger partial charge in [0.2, 0.25) is 0 Å². The zero-order valence-corrected chi connectivity index (χ0v) is 15.7. The number of nitrogens with zero attached hydrogens (tertiary/aromatic N) is 2. The summed E-state index contributed by atoms with van der Waals surface area (Å²) in [6.07, 6.45) is 1.68. The molecule has 0 radical (unpaired) electrons. The number of ketones is 1. The van der Waals surface area contributed by atoms with Crippen LogP contribution >= 0.6 is 0 Å². The Hall–Kier alpha value is -2.98. The number of benzene rings is 3. The van der Waals surface area contributed by atoms with Crippen LogP contribution in [0.3, 0.4) is 0 Å². The smallest absolute Gasteiger partial charge is 0.260 e. The van der Waals surface area contributed by atoms with Crippen molar-refractivity contribution in [2.45, 2.75) is 12.8 Å². The van der Waals surface area contributed by atoms with Gasteiger partial charge < -0.3 is 0 Å². The number of carbonyl (C=O) groups excluding carboxylic acids is 2. The monoisotopic (exact) mass is 370 g/mol. The van der Waals surface area contributed by atoms with Crippen molar-refractivity contribution in [3.05, 3.63) is 77.9 Å². The normalized spacial score (nSPS) is 17.4. The Morgan fingerprint density at radius 1 is 0.893 bits per heavy atom. The van der Waals surface area contributed by atoms with Crippen molar-refractivity contribution in [1.82, 2.24) is 4.90 Å². The highest BCUT2D eigenvalue weighted by molar-refractivity contribution is 6.24. The van der Waals surface area contributed by atoms with Crippen LogP contribution < -0.4 is 4.90 Å². The molecular formula is C24H22N2O2. The molecule has 5 rings (SSSR count). The summed E-state index contributed by atoms with van der Waals surface area (Å²) < 4.78 is 0. The molecule has 3 aromatic carbocycles. The first kappa shape index (κ1) is 17.1. The molecule has 2 aliphatic rings. The van der Waals surface area contributed by atoms with Crippen LogP contribution in [0.5, 0.6) is 0 Å². The molecule has 2 aliphatic heterocycles. The molecule has 1 fully saturated rings. The number of amides is 1. The Morgan fingerprint density at radius 3 is 2.36 bits per heavy atom. The molecule has 1 amide bonds. The molecule has 0 aliphatic carbocycles. The third kappa shape index (κ3) is 2.81. The van der Waals surface area contributed by atoms with Crippen LogP contribution in [0.15, 0.2) is 66.7 Å². The predicted octanol–water partition coefficient (Wildman–Crippen LogP) is 4.35. The average Bonchev–Trinajstić information content (AvgIpc) is 3.02. The van der Waals surface area contributed by atoms with Crippen molar-refractivity contribution < 1.29 is 9.59 Å². The van der Waals surface area contributed by atoms with Crippen LogP contribution in [0.1, 0.15) is 33.6 Å². The lowest BCUT2D eigenvalue weighted by molar-refractivity contribution is 0.0825. The van der Waals surface area contributed by atoms with Crippen molar-refractivity contribution in [2.75, 3.05) is 24.7 Å². The number of rotatable bonds is 4. The van der Waals surface area contributed by atoms with E-state index in [0.29, 0.717) is 6.67 Å². The lowest BCUT2D eigenvalue weighted by atomic mass is 9.89. The fourth-order valence-corrected chi connectivity index (χ4v) is 4.49. The number of hydrogen-bond donors (Lipinski definition) is 0. The lowest BCUT2D eigenvalue weighted by Crippen LogP contribution is -2.44. The summed E-state index contributed by atoms with van der Waals surface area (Å²) in [6.45, 7) is 2.25. The third-order valence-electron chi connectivity index (χ3n) is 6.01. The zero-order valence-electron chi connectivity index (χ0n) is 15.7. The van der Waals surface area contributed by atoms with Gasteiger partial charge in [0.15, 0.2) is 5.78 Å². The van der Waals surface area contributed by atoms with Gasteiger partial charge in [-0.1, -0.05) is 54.6 Å². The number of anilines is 1. The van der Waals surface area contributed by atoms with E-state index < -0.39 is 0 Å². The maximum Gasteiger partial charge on any atom is 0.260 e. The van der Waals surface area contributed by atoms with Gasteiger partial charge in [-0.25, -0.2) is 0 Å². The minimum Gasteiger partial charge on any atom is -0.294 e. The first-order chi connectivity index (χ1) is 13.7. The van der Waals surface area contributed by atoms with Gasteiger partial charge in [0, 0.05) is 35.5 Å². The van der Waals surface area contributed by atoms with Crippen molar-refractivity contribution in [3.8, 4) is 0 Å². The molecule has 4 heteroatoms. The first-order valence-electron chi connectivity index (χ1n) is 9.87. The fraction of sp³-hybridized carbons (Fsp3) is 0.250. The molecule has 0 spiro atoms. The molecule has 0 unspecified atom stereocenters. The van der Waals surface area contributed by atoms with Crippen LogP contribution in [0.25, 0.3) is 10.8 Å². The number of hydrogen-bond acceptors (Lipinski definition) is 3. The topological polar surface area (TPSA) is 40.6 Å². The highest BCUT2D eigenvalue weighted by Gasteiger charge is 2.32. The summed E-state index contributed by atoms with van der Waals surface area (Å²) in [5.74, 6) is 0.400. The van der Waals surface area contributed by atoms with Gasteiger partial charge in [-0.15, -0.1) is 0 Å². The SMILES string of the molecule is O=C(c1ccccc1)C1CCN(CN2C(=O)c3cccc4cccc2c34)CC1. The van der Waals surface area contributed by atoms with E-state index in [0.717, 1.165) is 53.5 Å². The molecule has 1 saturated heterocycles. The second-order valence-corrected chi connectivity index (χ2v) is 7.68. The fourth-order valence-electron chi connectivity index (χ4n) is 4.49. The van der Waals surface area contributed by atoms with Crippen molar-refractivity contribution in [3.63, 3.8) is 0 Å². The highest BCUT2D eigenvalue weighted by Crippen LogP contribution is 2.37. The number of carbonyl (C=O) groups is 2. The zero-order chi connectivity index (χ0) is 19.1. The molecule has 0 N–H and O–H groups in total. The van der Waals surface area contributed by atoms with Crippen LogP contribution in [0.4, 0.5) is 5.69 Å². The van der Waals surface area contributed by atoms with Gasteiger partial charge in [-0.05, 0) is 30.4 Å². The second-order valence-electron chi connectivity index (χ2n) is 7.68. The maximum absolute atomic E-state index is 13.0. The quantitative estimate of drug-likeness (QED) is 0.641. The number of Topliss-reactive ketones (excluding diaryl/α,β-unsaturated/α-hetero) is 1. The van der Waals surface area contributed by atoms with Crippen LogP contribution in [0, 0.1) is 5.92 Å². The van der Waals surface area contributed by atoms with Gasteiger partial charge in [0.1, 0.15) is 0 Å². The molecule has 4 nitrogen and oxygen atoms in total. The summed E-state index contributed by atoms with van der Waals surface area (Å²) in [6, 6.07) is 21.6. The average molecular weight is 370 g/mol. The standard InChI is InChI=1S/C24H22N2O2/c27-23(18-6-2-1-3-7-18)19-12-14-25(15-13-19)16-26-21-11-5-9-17-8-4-10-20(22(17)21)24(26)28/h1-11,19H,12-16H2. The van der Waals surface area contributed by atoms with Crippen LogP contribution in [0.2, 0.25) is 0 Å². The second kappa shape index (κ2) is 6.88. The molecule has 0 saturated carbocycles. The van der Waals surface area contributed by atoms with E-state index in [4.69, 9.17) is 0 Å². The number of likely N-dealkylation sites (tertiary alicyclic amines) is 1. The van der Waals surface area contributed by atoms with Crippen molar-refractivity contribution in [1.29, 1.82) is 0 Å². The minimum atomic E-state index is 0.0774. The molecule has 3 aromatic rings. The molecule has 0 atom stereocenters. The van der Waals surface area contributed by atoms with E-state index in [-0.39, 0.29) is 17.6 Å². The Bertz CT molecular complexity index is 1050. The summed E-state index contributed by atoms with van der Waals surface area (Å²) in [5.41, 5.74) is 2.60. The summed E-state index contributed by atoms with van der Waals surface area (Å²) in [7, 11) is 0. The van der Waals surface area contributed by atoms with E-state index in [1.54, 1.807) is 0 Å². The molecule has 0 aromatic heterocycles. The van der Waals surface area contributed by atoms with E-state index in [1.807, 2.05) is 59.5 Å². The molecule has 0 bridgehead atoms. The molecular weight excluding hydrogens is 348 g/mol. The van der Waals surface area contributed by atoms with E-state index >= 15 is 0 Å². The predicted molar refractivity (Wildman–Crippen MR) is 111 cm³/mol. The van der Waals surface area contributed by atoms with Crippen LogP contribution in [-0.2, 0) is 0 Å². The Morgan fingerprint density at radius 2 is 1.61 bits per heavy atom. The minimum absolute atomic E-state index is 0.0774. The van der Waals surface area contributed by atoms with Gasteiger partial charge in [-0.2, -0.15) is 0 Å². The van der Waals surface area contributed by atoms with E-state index in [9.17, 15) is 9.59 Å². The van der Waals surface area contributed by atoms with Gasteiger partial charge in [0.05, 0.1) is 12.4 Å². The van der Waals surface area contributed by atoms with Crippen molar-refractivity contribution >= 4 is 28.2 Å². The van der Waals surface area contributed by atoms with Gasteiger partial charge in [0.25, 0.3) is 5.91 Å². The van der Waals surface area contributed by atoms with Crippen molar-refractivity contribution in [2.24, 2.45) is 5.92 Å². The largest absolute Gasteiger partial charge is 0.294 e. The summed E-state index contributed by atoms with van der Waals surface area (Å²) in [4.78, 5) is 29.8. The molecule has 2 heterocycles. The highest BCUT2D eigenvalue weighted by atomic mass is 16.2. The summed E-state index contributed by atoms with van der Waals surface area (Å²) in [5, 5.41) is 2.17. The Balaban J connectivity index is 1.28. The number of piperidine rings is 1. The van der Waals surface area contributed by atoms with Gasteiger partial charge in [-0.3, -0.25) is 19.4 Å². The van der Waals surface area contributed by atoms with E-state index in [1.165, 1.54) is 0 Å². The van der Waals surface area contributed by atoms with Crippen LogP contribution in [-0.4, -0.2) is 36.3 Å². The molecule has 28 heavy (non-hydrogen) atoms. The Kier molecular flexibility index (Phi) is 4.21. The Labute approximate surface area is 164 Å².